The lowest BCUT2D eigenvalue weighted by Crippen LogP contribution is -2.26. The first-order valence-electron chi connectivity index (χ1n) is 6.39. The second kappa shape index (κ2) is 7.28. The molecule has 0 fully saturated rings. The molecule has 0 atom stereocenters. The van der Waals surface area contributed by atoms with Crippen LogP contribution >= 0.6 is 0 Å². The molecule has 0 aliphatic carbocycles. The quantitative estimate of drug-likeness (QED) is 0.816. The Balaban J connectivity index is 2.62. The monoisotopic (exact) mass is 288 g/mol. The summed E-state index contributed by atoms with van der Waals surface area (Å²) < 4.78 is 37.7. The molecule has 1 rings (SSSR count). The lowest BCUT2D eigenvalue weighted by molar-refractivity contribution is -0.137. The van der Waals surface area contributed by atoms with E-state index in [1.54, 1.807) is 20.2 Å². The molecule has 1 N–H and O–H groups in total. The molecule has 0 radical (unpaired) electrons. The highest BCUT2D eigenvalue weighted by molar-refractivity contribution is 5.75. The molecule has 0 unspecified atom stereocenters. The highest BCUT2D eigenvalue weighted by atomic mass is 19.4. The van der Waals surface area contributed by atoms with Crippen LogP contribution in [0.3, 0.4) is 0 Å². The van der Waals surface area contributed by atoms with Crippen molar-refractivity contribution in [3.8, 4) is 0 Å². The first kappa shape index (κ1) is 16.5. The van der Waals surface area contributed by atoms with Crippen LogP contribution in [-0.2, 0) is 17.5 Å². The molecular weight excluding hydrogens is 269 g/mol. The third kappa shape index (κ3) is 5.21. The van der Waals surface area contributed by atoms with Crippen LogP contribution in [0.1, 0.15) is 24.0 Å². The number of hydrogen-bond acceptors (Lipinski definition) is 2. The third-order valence-corrected chi connectivity index (χ3v) is 2.92. The predicted octanol–water partition coefficient (Wildman–Crippen LogP) is 2.66. The average Bonchev–Trinajstić information content (AvgIpc) is 2.38. The number of alkyl halides is 3. The van der Waals surface area contributed by atoms with Crippen LogP contribution in [0.2, 0.25) is 0 Å². The summed E-state index contributed by atoms with van der Waals surface area (Å²) in [6.07, 6.45) is -3.26. The molecule has 0 spiro atoms. The van der Waals surface area contributed by atoms with Gasteiger partial charge in [0.05, 0.1) is 5.56 Å². The number of nitrogens with one attached hydrogen (secondary N) is 1. The van der Waals surface area contributed by atoms with Crippen LogP contribution < -0.4 is 5.32 Å². The Morgan fingerprint density at radius 1 is 1.35 bits per heavy atom. The van der Waals surface area contributed by atoms with Gasteiger partial charge in [0.1, 0.15) is 0 Å². The number of carbonyl (C=O) groups excluding carboxylic acids is 1. The minimum Gasteiger partial charge on any atom is -0.341 e. The number of amides is 1. The highest BCUT2D eigenvalue weighted by Gasteiger charge is 2.30. The van der Waals surface area contributed by atoms with Gasteiger partial charge < -0.3 is 10.2 Å². The molecule has 20 heavy (non-hydrogen) atoms. The van der Waals surface area contributed by atoms with E-state index >= 15 is 0 Å². The fourth-order valence-electron chi connectivity index (χ4n) is 1.82. The van der Waals surface area contributed by atoms with Gasteiger partial charge in [-0.2, -0.15) is 13.2 Å². The van der Waals surface area contributed by atoms with Crippen molar-refractivity contribution in [3.63, 3.8) is 0 Å². The average molecular weight is 288 g/mol. The molecule has 6 heteroatoms. The zero-order chi connectivity index (χ0) is 15.2. The number of halogens is 3. The Kier molecular flexibility index (Phi) is 6.01. The first-order chi connectivity index (χ1) is 9.34. The van der Waals surface area contributed by atoms with Crippen molar-refractivity contribution in [1.82, 2.24) is 10.2 Å². The van der Waals surface area contributed by atoms with E-state index < -0.39 is 11.7 Å². The van der Waals surface area contributed by atoms with E-state index in [2.05, 4.69) is 5.32 Å². The predicted molar refractivity (Wildman–Crippen MR) is 71.1 cm³/mol. The van der Waals surface area contributed by atoms with E-state index in [9.17, 15) is 18.0 Å². The minimum absolute atomic E-state index is 0.0716. The van der Waals surface area contributed by atoms with Crippen molar-refractivity contribution >= 4 is 5.91 Å². The summed E-state index contributed by atoms with van der Waals surface area (Å²) in [6.45, 7) is 0.922. The van der Waals surface area contributed by atoms with Crippen LogP contribution in [0.5, 0.6) is 0 Å². The lowest BCUT2D eigenvalue weighted by Gasteiger charge is -2.18. The molecule has 1 amide bonds. The number of hydrogen-bond donors (Lipinski definition) is 1. The van der Waals surface area contributed by atoms with Crippen molar-refractivity contribution < 1.29 is 18.0 Å². The lowest BCUT2D eigenvalue weighted by atomic mass is 10.1. The summed E-state index contributed by atoms with van der Waals surface area (Å²) >= 11 is 0. The fraction of sp³-hybridized carbons (Fsp3) is 0.500. The molecule has 0 aliphatic heterocycles. The molecule has 0 aliphatic rings. The second-order valence-electron chi connectivity index (χ2n) is 4.66. The van der Waals surface area contributed by atoms with Crippen molar-refractivity contribution in [2.45, 2.75) is 25.6 Å². The molecule has 112 valence electrons. The Morgan fingerprint density at radius 2 is 2.05 bits per heavy atom. The van der Waals surface area contributed by atoms with Crippen LogP contribution in [0.25, 0.3) is 0 Å². The normalized spacial score (nSPS) is 11.4. The van der Waals surface area contributed by atoms with E-state index in [1.165, 1.54) is 11.0 Å². The Labute approximate surface area is 116 Å². The number of nitrogens with zero attached hydrogens (tertiary/aromatic N) is 1. The smallest absolute Gasteiger partial charge is 0.341 e. The molecule has 3 nitrogen and oxygen atoms in total. The van der Waals surface area contributed by atoms with E-state index in [1.807, 2.05) is 0 Å². The summed E-state index contributed by atoms with van der Waals surface area (Å²) in [5.41, 5.74) is -0.213. The summed E-state index contributed by atoms with van der Waals surface area (Å²) in [5.74, 6) is -0.0716. The number of carbonyl (C=O) groups is 1. The van der Waals surface area contributed by atoms with Crippen molar-refractivity contribution in [1.29, 1.82) is 0 Å². The highest BCUT2D eigenvalue weighted by Crippen LogP contribution is 2.29. The maximum absolute atomic E-state index is 12.6. The van der Waals surface area contributed by atoms with Crippen LogP contribution in [0, 0.1) is 0 Å². The van der Waals surface area contributed by atoms with Gasteiger partial charge in [-0.1, -0.05) is 12.1 Å². The maximum atomic E-state index is 12.6. The maximum Gasteiger partial charge on any atom is 0.416 e. The van der Waals surface area contributed by atoms with E-state index in [0.29, 0.717) is 18.4 Å². The SMILES string of the molecule is CNCCCC(=O)N(C)Cc1cccc(C(F)(F)F)c1. The molecule has 0 aromatic heterocycles. The van der Waals surface area contributed by atoms with E-state index in [4.69, 9.17) is 0 Å². The van der Waals surface area contributed by atoms with E-state index in [-0.39, 0.29) is 12.5 Å². The zero-order valence-corrected chi connectivity index (χ0v) is 11.6. The largest absolute Gasteiger partial charge is 0.416 e. The van der Waals surface area contributed by atoms with E-state index in [0.717, 1.165) is 18.7 Å². The summed E-state index contributed by atoms with van der Waals surface area (Å²) in [7, 11) is 3.40. The molecular formula is C14H19F3N2O. The summed E-state index contributed by atoms with van der Waals surface area (Å²) in [4.78, 5) is 13.2. The van der Waals surface area contributed by atoms with Gasteiger partial charge in [-0.15, -0.1) is 0 Å². The first-order valence-corrected chi connectivity index (χ1v) is 6.39. The number of rotatable bonds is 6. The van der Waals surface area contributed by atoms with Crippen molar-refractivity contribution in [3.05, 3.63) is 35.4 Å². The van der Waals surface area contributed by atoms with Crippen molar-refractivity contribution in [2.75, 3.05) is 20.6 Å². The summed E-state index contributed by atoms with van der Waals surface area (Å²) in [6, 6.07) is 5.06. The van der Waals surface area contributed by atoms with Crippen molar-refractivity contribution in [2.24, 2.45) is 0 Å². The molecule has 1 aromatic carbocycles. The van der Waals surface area contributed by atoms with Gasteiger partial charge in [0, 0.05) is 20.0 Å². The fourth-order valence-corrected chi connectivity index (χ4v) is 1.82. The zero-order valence-electron chi connectivity index (χ0n) is 11.6. The van der Waals surface area contributed by atoms with Gasteiger partial charge >= 0.3 is 6.18 Å². The Morgan fingerprint density at radius 3 is 2.65 bits per heavy atom. The topological polar surface area (TPSA) is 32.3 Å². The molecule has 0 heterocycles. The van der Waals surface area contributed by atoms with Gasteiger partial charge in [-0.05, 0) is 37.7 Å². The Bertz CT molecular complexity index is 446. The van der Waals surface area contributed by atoms with Gasteiger partial charge in [0.25, 0.3) is 0 Å². The standard InChI is InChI=1S/C14H19F3N2O/c1-18-8-4-7-13(20)19(2)10-11-5-3-6-12(9-11)14(15,16)17/h3,5-6,9,18H,4,7-8,10H2,1-2H3. The molecule has 0 saturated heterocycles. The molecule has 1 aromatic rings. The molecule has 0 saturated carbocycles. The Hall–Kier alpha value is -1.56. The van der Waals surface area contributed by atoms with Gasteiger partial charge in [-0.25, -0.2) is 0 Å². The number of benzene rings is 1. The second-order valence-corrected chi connectivity index (χ2v) is 4.66. The minimum atomic E-state index is -4.36. The van der Waals surface area contributed by atoms with Crippen LogP contribution in [0.15, 0.2) is 24.3 Å². The van der Waals surface area contributed by atoms with Gasteiger partial charge in [-0.3, -0.25) is 4.79 Å². The summed E-state index contributed by atoms with van der Waals surface area (Å²) in [5, 5.41) is 2.94. The van der Waals surface area contributed by atoms with Gasteiger partial charge in [0.15, 0.2) is 0 Å². The molecule has 0 bridgehead atoms. The van der Waals surface area contributed by atoms with Crippen LogP contribution in [-0.4, -0.2) is 31.4 Å². The van der Waals surface area contributed by atoms with Crippen LogP contribution in [0.4, 0.5) is 13.2 Å². The third-order valence-electron chi connectivity index (χ3n) is 2.92. The van der Waals surface area contributed by atoms with Gasteiger partial charge in [0.2, 0.25) is 5.91 Å².